The molecule has 0 amide bonds. The molecule has 5 heteroatoms. The molecule has 4 rings (SSSR count). The van der Waals surface area contributed by atoms with Crippen molar-refractivity contribution in [1.29, 1.82) is 0 Å². The van der Waals surface area contributed by atoms with E-state index in [1.807, 2.05) is 6.08 Å². The van der Waals surface area contributed by atoms with E-state index in [4.69, 9.17) is 5.11 Å². The molecule has 24 heavy (non-hydrogen) atoms. The summed E-state index contributed by atoms with van der Waals surface area (Å²) in [5, 5.41) is 29.8. The molecule has 5 nitrogen and oxygen atoms in total. The highest BCUT2D eigenvalue weighted by Gasteiger charge is 2.63. The SMILES string of the molecule is O=C(O)C1(C2CCC2)CCCC2C[C@@H]3[C@@H](C=CCO)[C@H](O)C[C@H]3N21. The lowest BCUT2D eigenvalue weighted by atomic mass is 9.65. The van der Waals surface area contributed by atoms with Crippen LogP contribution < -0.4 is 0 Å². The Balaban J connectivity index is 1.67. The molecule has 0 radical (unpaired) electrons. The van der Waals surface area contributed by atoms with Crippen LogP contribution in [0.4, 0.5) is 0 Å². The van der Waals surface area contributed by atoms with Crippen molar-refractivity contribution < 1.29 is 20.1 Å². The van der Waals surface area contributed by atoms with Gasteiger partial charge in [-0.05, 0) is 56.8 Å². The lowest BCUT2D eigenvalue weighted by molar-refractivity contribution is -0.168. The van der Waals surface area contributed by atoms with Crippen molar-refractivity contribution in [2.75, 3.05) is 6.61 Å². The first kappa shape index (κ1) is 16.6. The summed E-state index contributed by atoms with van der Waals surface area (Å²) in [6.07, 6.45) is 11.0. The topological polar surface area (TPSA) is 81.0 Å². The zero-order chi connectivity index (χ0) is 16.9. The summed E-state index contributed by atoms with van der Waals surface area (Å²) in [6, 6.07) is 0.526. The zero-order valence-corrected chi connectivity index (χ0v) is 14.2. The van der Waals surface area contributed by atoms with Gasteiger partial charge in [-0.1, -0.05) is 18.6 Å². The number of aliphatic carboxylic acids is 1. The van der Waals surface area contributed by atoms with Gasteiger partial charge in [-0.15, -0.1) is 0 Å². The molecule has 2 aliphatic heterocycles. The second-order valence-corrected chi connectivity index (χ2v) is 8.27. The van der Waals surface area contributed by atoms with Crippen LogP contribution in [0.15, 0.2) is 12.2 Å². The minimum atomic E-state index is -0.699. The number of hydrogen-bond acceptors (Lipinski definition) is 4. The maximum atomic E-state index is 12.4. The Morgan fingerprint density at radius 1 is 1.21 bits per heavy atom. The van der Waals surface area contributed by atoms with Crippen LogP contribution in [-0.2, 0) is 4.79 Å². The van der Waals surface area contributed by atoms with Gasteiger partial charge in [0, 0.05) is 18.0 Å². The number of aliphatic hydroxyl groups excluding tert-OH is 2. The molecular formula is C19H29NO4. The molecule has 134 valence electrons. The van der Waals surface area contributed by atoms with Gasteiger partial charge in [0.1, 0.15) is 5.54 Å². The highest BCUT2D eigenvalue weighted by Crippen LogP contribution is 2.56. The van der Waals surface area contributed by atoms with Gasteiger partial charge in [0.15, 0.2) is 0 Å². The van der Waals surface area contributed by atoms with Crippen LogP contribution in [0.1, 0.15) is 51.4 Å². The van der Waals surface area contributed by atoms with E-state index in [0.717, 1.165) is 44.9 Å². The number of nitrogens with zero attached hydrogens (tertiary/aromatic N) is 1. The van der Waals surface area contributed by atoms with E-state index in [0.29, 0.717) is 18.4 Å². The van der Waals surface area contributed by atoms with Gasteiger partial charge in [-0.2, -0.15) is 0 Å². The van der Waals surface area contributed by atoms with Gasteiger partial charge in [0.05, 0.1) is 12.7 Å². The first-order valence-corrected chi connectivity index (χ1v) is 9.57. The summed E-state index contributed by atoms with van der Waals surface area (Å²) < 4.78 is 0. The Bertz CT molecular complexity index is 531. The fourth-order valence-corrected chi connectivity index (χ4v) is 6.25. The molecule has 2 aliphatic carbocycles. The van der Waals surface area contributed by atoms with Crippen LogP contribution in [0.5, 0.6) is 0 Å². The number of carbonyl (C=O) groups is 1. The molecule has 0 bridgehead atoms. The Morgan fingerprint density at radius 3 is 2.62 bits per heavy atom. The van der Waals surface area contributed by atoms with Crippen LogP contribution in [-0.4, -0.2) is 56.5 Å². The van der Waals surface area contributed by atoms with Crippen molar-refractivity contribution in [3.05, 3.63) is 12.2 Å². The molecule has 4 fully saturated rings. The second kappa shape index (κ2) is 6.11. The minimum absolute atomic E-state index is 0.00507. The number of aliphatic hydroxyl groups is 2. The quantitative estimate of drug-likeness (QED) is 0.683. The van der Waals surface area contributed by atoms with Crippen LogP contribution in [0.2, 0.25) is 0 Å². The van der Waals surface area contributed by atoms with Crippen LogP contribution in [0.3, 0.4) is 0 Å². The molecule has 2 unspecified atom stereocenters. The molecule has 6 atom stereocenters. The monoisotopic (exact) mass is 335 g/mol. The number of fused-ring (bicyclic) bond motifs is 3. The van der Waals surface area contributed by atoms with Gasteiger partial charge in [-0.25, -0.2) is 0 Å². The molecular weight excluding hydrogens is 306 g/mol. The Labute approximate surface area is 143 Å². The Morgan fingerprint density at radius 2 is 2.00 bits per heavy atom. The lowest BCUT2D eigenvalue weighted by Crippen LogP contribution is -2.66. The molecule has 2 saturated heterocycles. The summed E-state index contributed by atoms with van der Waals surface area (Å²) in [4.78, 5) is 14.8. The Hall–Kier alpha value is -0.910. The average Bonchev–Trinajstić information content (AvgIpc) is 2.98. The van der Waals surface area contributed by atoms with Gasteiger partial charge < -0.3 is 15.3 Å². The largest absolute Gasteiger partial charge is 0.480 e. The molecule has 0 spiro atoms. The summed E-state index contributed by atoms with van der Waals surface area (Å²) in [7, 11) is 0. The van der Waals surface area contributed by atoms with Gasteiger partial charge >= 0.3 is 5.97 Å². The van der Waals surface area contributed by atoms with E-state index in [2.05, 4.69) is 4.90 Å². The molecule has 3 N–H and O–H groups in total. The predicted octanol–water partition coefficient (Wildman–Crippen LogP) is 1.78. The van der Waals surface area contributed by atoms with E-state index in [9.17, 15) is 15.0 Å². The van der Waals surface area contributed by atoms with Gasteiger partial charge in [-0.3, -0.25) is 9.69 Å². The normalized spacial score (nSPS) is 46.0. The van der Waals surface area contributed by atoms with Crippen LogP contribution in [0, 0.1) is 17.8 Å². The Kier molecular flexibility index (Phi) is 4.22. The predicted molar refractivity (Wildman–Crippen MR) is 89.4 cm³/mol. The highest BCUT2D eigenvalue weighted by atomic mass is 16.4. The van der Waals surface area contributed by atoms with Crippen LogP contribution in [0.25, 0.3) is 0 Å². The summed E-state index contributed by atoms with van der Waals surface area (Å²) in [6.45, 7) is -0.00507. The molecule has 2 heterocycles. The number of hydrogen-bond donors (Lipinski definition) is 3. The average molecular weight is 335 g/mol. The van der Waals surface area contributed by atoms with Gasteiger partial charge in [0.2, 0.25) is 0 Å². The van der Waals surface area contributed by atoms with Gasteiger partial charge in [0.25, 0.3) is 0 Å². The fourth-order valence-electron chi connectivity index (χ4n) is 6.25. The van der Waals surface area contributed by atoms with Crippen molar-refractivity contribution in [2.45, 2.75) is 75.1 Å². The van der Waals surface area contributed by atoms with Crippen molar-refractivity contribution in [1.82, 2.24) is 4.90 Å². The summed E-state index contributed by atoms with van der Waals surface area (Å²) in [5.41, 5.74) is -0.699. The standard InChI is InChI=1S/C19H29NO4/c21-9-3-7-14-15-10-13-6-2-8-19(18(23)24,12-4-1-5-12)20(13)16(15)11-17(14)22/h3,7,12-17,21-22H,1-2,4-6,8-11H2,(H,23,24)/t13?,14-,15-,16-,17-,19?/m1/s1. The van der Waals surface area contributed by atoms with E-state index < -0.39 is 17.6 Å². The maximum absolute atomic E-state index is 12.4. The van der Waals surface area contributed by atoms with E-state index in [-0.39, 0.29) is 24.5 Å². The maximum Gasteiger partial charge on any atom is 0.324 e. The first-order chi connectivity index (χ1) is 11.6. The van der Waals surface area contributed by atoms with E-state index >= 15 is 0 Å². The second-order valence-electron chi connectivity index (χ2n) is 8.27. The third kappa shape index (κ3) is 2.21. The lowest BCUT2D eigenvalue weighted by Gasteiger charge is -2.54. The first-order valence-electron chi connectivity index (χ1n) is 9.57. The van der Waals surface area contributed by atoms with Crippen molar-refractivity contribution in [2.24, 2.45) is 17.8 Å². The summed E-state index contributed by atoms with van der Waals surface area (Å²) >= 11 is 0. The third-order valence-corrected chi connectivity index (χ3v) is 7.38. The van der Waals surface area contributed by atoms with Crippen molar-refractivity contribution in [3.8, 4) is 0 Å². The number of carboxylic acid groups (broad SMARTS) is 1. The van der Waals surface area contributed by atoms with Crippen LogP contribution >= 0.6 is 0 Å². The fraction of sp³-hybridized carbons (Fsp3) is 0.842. The third-order valence-electron chi connectivity index (χ3n) is 7.38. The summed E-state index contributed by atoms with van der Waals surface area (Å²) in [5.74, 6) is 0.0208. The molecule has 0 aromatic heterocycles. The van der Waals surface area contributed by atoms with Crippen molar-refractivity contribution in [3.63, 3.8) is 0 Å². The number of rotatable bonds is 4. The highest BCUT2D eigenvalue weighted by molar-refractivity contribution is 5.80. The smallest absolute Gasteiger partial charge is 0.324 e. The molecule has 0 aromatic rings. The van der Waals surface area contributed by atoms with E-state index in [1.54, 1.807) is 6.08 Å². The minimum Gasteiger partial charge on any atom is -0.480 e. The number of piperidine rings is 1. The zero-order valence-electron chi connectivity index (χ0n) is 14.2. The van der Waals surface area contributed by atoms with E-state index in [1.165, 1.54) is 0 Å². The number of carboxylic acids is 1. The van der Waals surface area contributed by atoms with Crippen molar-refractivity contribution >= 4 is 5.97 Å². The molecule has 4 aliphatic rings. The molecule has 0 aromatic carbocycles. The molecule has 2 saturated carbocycles.